The minimum Gasteiger partial charge on any atom is -0.364 e. The highest BCUT2D eigenvalue weighted by Crippen LogP contribution is 2.18. The van der Waals surface area contributed by atoms with Crippen molar-refractivity contribution in [2.75, 3.05) is 0 Å². The third-order valence-electron chi connectivity index (χ3n) is 4.76. The van der Waals surface area contributed by atoms with Crippen molar-refractivity contribution < 1.29 is 13.2 Å². The van der Waals surface area contributed by atoms with Gasteiger partial charge in [0.05, 0.1) is 11.8 Å². The van der Waals surface area contributed by atoms with Crippen LogP contribution in [0.25, 0.3) is 0 Å². The molecule has 0 fully saturated rings. The van der Waals surface area contributed by atoms with Gasteiger partial charge in [-0.25, -0.2) is 13.1 Å². The molecule has 0 amide bonds. The number of nitrogens with one attached hydrogen (secondary N) is 2. The van der Waals surface area contributed by atoms with Gasteiger partial charge in [-0.05, 0) is 49.6 Å². The van der Waals surface area contributed by atoms with Gasteiger partial charge in [0.15, 0.2) is 5.78 Å². The Morgan fingerprint density at radius 3 is 2.50 bits per heavy atom. The van der Waals surface area contributed by atoms with Gasteiger partial charge in [0.2, 0.25) is 10.0 Å². The average molecular weight is 397 g/mol. The first-order valence-corrected chi connectivity index (χ1v) is 10.7. The van der Waals surface area contributed by atoms with Gasteiger partial charge in [0.1, 0.15) is 0 Å². The molecule has 0 radical (unpaired) electrons. The van der Waals surface area contributed by atoms with Gasteiger partial charge in [-0.3, -0.25) is 4.79 Å². The normalized spacial score (nSPS) is 12.6. The molecule has 0 saturated heterocycles. The molecule has 0 aliphatic heterocycles. The van der Waals surface area contributed by atoms with Crippen molar-refractivity contribution in [2.24, 2.45) is 0 Å². The summed E-state index contributed by atoms with van der Waals surface area (Å²) in [5.41, 5.74) is 3.73. The van der Waals surface area contributed by atoms with Gasteiger partial charge < -0.3 is 4.98 Å². The van der Waals surface area contributed by atoms with Crippen LogP contribution in [0.5, 0.6) is 0 Å². The maximum Gasteiger partial charge on any atom is 0.214 e. The Balaban J connectivity index is 1.74. The van der Waals surface area contributed by atoms with E-state index in [2.05, 4.69) is 9.71 Å². The molecule has 1 atom stereocenters. The molecule has 0 aliphatic rings. The molecule has 0 saturated carbocycles. The summed E-state index contributed by atoms with van der Waals surface area (Å²) in [6.45, 7) is 3.79. The maximum atomic E-state index is 12.8. The summed E-state index contributed by atoms with van der Waals surface area (Å²) in [6, 6.07) is 18.3. The fourth-order valence-corrected chi connectivity index (χ4v) is 4.08. The summed E-state index contributed by atoms with van der Waals surface area (Å²) in [5.74, 6) is -0.0552. The van der Waals surface area contributed by atoms with Crippen molar-refractivity contribution in [3.8, 4) is 0 Å². The molecule has 0 bridgehead atoms. The van der Waals surface area contributed by atoms with Gasteiger partial charge in [0.25, 0.3) is 0 Å². The summed E-state index contributed by atoms with van der Waals surface area (Å²) in [7, 11) is -3.48. The molecule has 1 unspecified atom stereocenters. The number of aromatic amines is 1. The molecule has 3 rings (SSSR count). The first-order valence-electron chi connectivity index (χ1n) is 9.17. The van der Waals surface area contributed by atoms with E-state index in [0.717, 1.165) is 16.8 Å². The van der Waals surface area contributed by atoms with Gasteiger partial charge in [-0.1, -0.05) is 42.5 Å². The lowest BCUT2D eigenvalue weighted by Gasteiger charge is -2.15. The van der Waals surface area contributed by atoms with E-state index >= 15 is 0 Å². The van der Waals surface area contributed by atoms with Crippen LogP contribution in [-0.4, -0.2) is 24.4 Å². The predicted octanol–water partition coefficient (Wildman–Crippen LogP) is 3.60. The quantitative estimate of drug-likeness (QED) is 0.571. The molecule has 6 heteroatoms. The van der Waals surface area contributed by atoms with Crippen LogP contribution in [0.4, 0.5) is 0 Å². The Bertz CT molecular complexity index is 1040. The number of aromatic nitrogens is 1. The predicted molar refractivity (Wildman–Crippen MR) is 111 cm³/mol. The van der Waals surface area contributed by atoms with E-state index in [1.54, 1.807) is 25.3 Å². The molecule has 5 nitrogen and oxygen atoms in total. The van der Waals surface area contributed by atoms with Gasteiger partial charge in [-0.2, -0.15) is 0 Å². The Morgan fingerprint density at radius 2 is 1.82 bits per heavy atom. The highest BCUT2D eigenvalue weighted by atomic mass is 32.2. The Morgan fingerprint density at radius 1 is 1.07 bits per heavy atom. The van der Waals surface area contributed by atoms with Crippen molar-refractivity contribution in [3.63, 3.8) is 0 Å². The summed E-state index contributed by atoms with van der Waals surface area (Å²) < 4.78 is 27.7. The summed E-state index contributed by atoms with van der Waals surface area (Å²) in [4.78, 5) is 15.8. The van der Waals surface area contributed by atoms with Gasteiger partial charge in [0, 0.05) is 23.0 Å². The van der Waals surface area contributed by atoms with Crippen LogP contribution < -0.4 is 4.72 Å². The number of aryl methyl sites for hydroxylation is 1. The second kappa shape index (κ2) is 8.54. The second-order valence-corrected chi connectivity index (χ2v) is 9.10. The fourth-order valence-electron chi connectivity index (χ4n) is 3.03. The van der Waals surface area contributed by atoms with E-state index in [0.29, 0.717) is 17.5 Å². The molecular weight excluding hydrogens is 372 g/mol. The number of carbonyl (C=O) groups excluding carboxylic acids is 1. The van der Waals surface area contributed by atoms with Crippen LogP contribution in [-0.2, 0) is 23.0 Å². The van der Waals surface area contributed by atoms with Crippen molar-refractivity contribution in [3.05, 3.63) is 94.8 Å². The van der Waals surface area contributed by atoms with Gasteiger partial charge in [-0.15, -0.1) is 0 Å². The van der Waals surface area contributed by atoms with E-state index in [9.17, 15) is 13.2 Å². The third kappa shape index (κ3) is 4.77. The minimum atomic E-state index is -3.48. The number of carbonyl (C=O) groups is 1. The number of H-pyrrole nitrogens is 1. The van der Waals surface area contributed by atoms with Crippen molar-refractivity contribution in [1.82, 2.24) is 9.71 Å². The summed E-state index contributed by atoms with van der Waals surface area (Å²) >= 11 is 0. The third-order valence-corrected chi connectivity index (χ3v) is 6.53. The first-order chi connectivity index (χ1) is 13.4. The number of benzene rings is 2. The highest BCUT2D eigenvalue weighted by molar-refractivity contribution is 7.90. The lowest BCUT2D eigenvalue weighted by Crippen LogP contribution is -2.33. The van der Waals surface area contributed by atoms with Crippen LogP contribution in [0.2, 0.25) is 0 Å². The molecule has 0 spiro atoms. The molecule has 1 heterocycles. The topological polar surface area (TPSA) is 79.0 Å². The van der Waals surface area contributed by atoms with Crippen molar-refractivity contribution in [1.29, 1.82) is 0 Å². The number of rotatable bonds is 8. The lowest BCUT2D eigenvalue weighted by molar-refractivity contribution is 0.103. The van der Waals surface area contributed by atoms with Gasteiger partial charge >= 0.3 is 0 Å². The minimum absolute atomic E-state index is 0.0552. The van der Waals surface area contributed by atoms with Crippen LogP contribution in [0.3, 0.4) is 0 Å². The van der Waals surface area contributed by atoms with Crippen molar-refractivity contribution >= 4 is 15.8 Å². The Kier molecular flexibility index (Phi) is 6.11. The fraction of sp³-hybridized carbons (Fsp3) is 0.227. The highest BCUT2D eigenvalue weighted by Gasteiger charge is 2.22. The molecule has 3 aromatic rings. The molecule has 2 aromatic carbocycles. The number of sulfonamides is 1. The van der Waals surface area contributed by atoms with E-state index in [1.807, 2.05) is 55.5 Å². The van der Waals surface area contributed by atoms with Crippen molar-refractivity contribution in [2.45, 2.75) is 32.1 Å². The molecule has 1 aromatic heterocycles. The smallest absolute Gasteiger partial charge is 0.214 e. The Labute approximate surface area is 165 Å². The molecular formula is C22H24N2O3S. The number of ketones is 1. The largest absolute Gasteiger partial charge is 0.364 e. The summed E-state index contributed by atoms with van der Waals surface area (Å²) in [6.07, 6.45) is 2.08. The monoisotopic (exact) mass is 396 g/mol. The van der Waals surface area contributed by atoms with E-state index in [-0.39, 0.29) is 12.3 Å². The standard InChI is InChI=1S/C22H24N2O3S/c1-16-10-11-18(14-21(16)22(25)19-7-4-3-5-8-19)13-17(2)28(26,27)24-15-20-9-6-12-23-20/h3-12,14,17,23-24H,13,15H2,1-2H3. The molecule has 28 heavy (non-hydrogen) atoms. The van der Waals surface area contributed by atoms with Crippen LogP contribution in [0.15, 0.2) is 66.9 Å². The second-order valence-electron chi connectivity index (χ2n) is 6.92. The first kappa shape index (κ1) is 20.0. The Hall–Kier alpha value is -2.70. The summed E-state index contributed by atoms with van der Waals surface area (Å²) in [5, 5.41) is -0.621. The maximum absolute atomic E-state index is 12.8. The zero-order valence-electron chi connectivity index (χ0n) is 16.0. The lowest BCUT2D eigenvalue weighted by atomic mass is 9.96. The average Bonchev–Trinajstić information content (AvgIpc) is 3.22. The van der Waals surface area contributed by atoms with Crippen LogP contribution >= 0.6 is 0 Å². The SMILES string of the molecule is Cc1ccc(CC(C)S(=O)(=O)NCc2ccc[nH]2)cc1C(=O)c1ccccc1. The zero-order valence-corrected chi connectivity index (χ0v) is 16.8. The zero-order chi connectivity index (χ0) is 20.1. The van der Waals surface area contributed by atoms with Crippen LogP contribution in [0.1, 0.15) is 39.7 Å². The van der Waals surface area contributed by atoms with E-state index < -0.39 is 15.3 Å². The number of hydrogen-bond donors (Lipinski definition) is 2. The van der Waals surface area contributed by atoms with Crippen LogP contribution in [0, 0.1) is 6.92 Å². The van der Waals surface area contributed by atoms with E-state index in [4.69, 9.17) is 0 Å². The molecule has 0 aliphatic carbocycles. The molecule has 2 N–H and O–H groups in total. The molecule has 146 valence electrons. The number of hydrogen-bond acceptors (Lipinski definition) is 3. The van der Waals surface area contributed by atoms with E-state index in [1.165, 1.54) is 0 Å².